The Morgan fingerprint density at radius 3 is 2.73 bits per heavy atom. The summed E-state index contributed by atoms with van der Waals surface area (Å²) in [6.07, 6.45) is 2.78. The highest BCUT2D eigenvalue weighted by atomic mass is 19.3. The van der Waals surface area contributed by atoms with E-state index in [1.54, 1.807) is 18.5 Å². The van der Waals surface area contributed by atoms with E-state index in [0.717, 1.165) is 37.4 Å². The topological polar surface area (TPSA) is 43.2 Å². The van der Waals surface area contributed by atoms with E-state index in [9.17, 15) is 8.78 Å². The normalized spacial score (nSPS) is 19.0. The molecule has 1 aliphatic heterocycles. The van der Waals surface area contributed by atoms with Gasteiger partial charge in [0.1, 0.15) is 17.9 Å². The molecule has 1 aliphatic rings. The van der Waals surface area contributed by atoms with Crippen LogP contribution in [0.5, 0.6) is 5.75 Å². The lowest BCUT2D eigenvalue weighted by molar-refractivity contribution is -0.0498. The first-order chi connectivity index (χ1) is 10.6. The van der Waals surface area contributed by atoms with Gasteiger partial charge in [-0.05, 0) is 30.7 Å². The highest BCUT2D eigenvalue weighted by molar-refractivity contribution is 5.27. The molecular formula is C15H18F2N4O. The average Bonchev–Trinajstić information content (AvgIpc) is 3.09. The molecule has 5 nitrogen and oxygen atoms in total. The zero-order valence-electron chi connectivity index (χ0n) is 12.3. The van der Waals surface area contributed by atoms with Crippen LogP contribution in [0.2, 0.25) is 0 Å². The maximum atomic E-state index is 12.1. The molecule has 1 saturated heterocycles. The quantitative estimate of drug-likeness (QED) is 0.851. The number of rotatable bonds is 5. The Morgan fingerprint density at radius 1 is 1.32 bits per heavy atom. The second-order valence-corrected chi connectivity index (χ2v) is 5.54. The lowest BCUT2D eigenvalue weighted by Gasteiger charge is -2.16. The Balaban J connectivity index is 1.57. The van der Waals surface area contributed by atoms with Gasteiger partial charge in [-0.3, -0.25) is 4.90 Å². The van der Waals surface area contributed by atoms with Gasteiger partial charge in [0.05, 0.1) is 0 Å². The van der Waals surface area contributed by atoms with E-state index >= 15 is 0 Å². The number of aryl methyl sites for hydroxylation is 1. The molecule has 0 radical (unpaired) electrons. The second-order valence-electron chi connectivity index (χ2n) is 5.54. The van der Waals surface area contributed by atoms with Crippen molar-refractivity contribution in [3.8, 4) is 5.75 Å². The van der Waals surface area contributed by atoms with Crippen molar-refractivity contribution in [1.82, 2.24) is 19.7 Å². The highest BCUT2D eigenvalue weighted by Gasteiger charge is 2.26. The standard InChI is InChI=1S/C15H18F2N4O/c1-20-10-18-19-14(20)12-6-7-21(9-12)8-11-2-4-13(5-3-11)22-15(16)17/h2-5,10,12,15H,6-9H2,1H3. The largest absolute Gasteiger partial charge is 0.435 e. The minimum Gasteiger partial charge on any atom is -0.435 e. The van der Waals surface area contributed by atoms with Crippen molar-refractivity contribution in [2.45, 2.75) is 25.5 Å². The van der Waals surface area contributed by atoms with Crippen molar-refractivity contribution in [3.05, 3.63) is 42.0 Å². The second kappa shape index (κ2) is 6.39. The first kappa shape index (κ1) is 14.9. The average molecular weight is 308 g/mol. The van der Waals surface area contributed by atoms with Crippen LogP contribution in [0.15, 0.2) is 30.6 Å². The van der Waals surface area contributed by atoms with E-state index in [4.69, 9.17) is 0 Å². The van der Waals surface area contributed by atoms with Crippen LogP contribution < -0.4 is 4.74 Å². The Labute approximate surface area is 127 Å². The Morgan fingerprint density at radius 2 is 2.09 bits per heavy atom. The summed E-state index contributed by atoms with van der Waals surface area (Å²) in [6.45, 7) is -0.0608. The molecule has 1 aromatic carbocycles. The van der Waals surface area contributed by atoms with E-state index in [1.165, 1.54) is 0 Å². The number of ether oxygens (including phenoxy) is 1. The van der Waals surface area contributed by atoms with E-state index in [2.05, 4.69) is 19.8 Å². The number of aromatic nitrogens is 3. The van der Waals surface area contributed by atoms with Crippen molar-refractivity contribution in [2.75, 3.05) is 13.1 Å². The fourth-order valence-corrected chi connectivity index (χ4v) is 2.88. The maximum Gasteiger partial charge on any atom is 0.387 e. The van der Waals surface area contributed by atoms with Gasteiger partial charge in [-0.1, -0.05) is 12.1 Å². The van der Waals surface area contributed by atoms with Gasteiger partial charge in [-0.2, -0.15) is 8.78 Å². The molecule has 1 atom stereocenters. The van der Waals surface area contributed by atoms with E-state index in [0.29, 0.717) is 5.92 Å². The van der Waals surface area contributed by atoms with Gasteiger partial charge in [-0.25, -0.2) is 0 Å². The van der Waals surface area contributed by atoms with Crippen molar-refractivity contribution in [3.63, 3.8) is 0 Å². The fraction of sp³-hybridized carbons (Fsp3) is 0.467. The summed E-state index contributed by atoms with van der Waals surface area (Å²) in [6, 6.07) is 6.82. The predicted octanol–water partition coefficient (Wildman–Crippen LogP) is 2.41. The van der Waals surface area contributed by atoms with Crippen molar-refractivity contribution >= 4 is 0 Å². The third-order valence-electron chi connectivity index (χ3n) is 3.94. The molecular weight excluding hydrogens is 290 g/mol. The van der Waals surface area contributed by atoms with Gasteiger partial charge in [0.25, 0.3) is 0 Å². The van der Waals surface area contributed by atoms with E-state index in [-0.39, 0.29) is 5.75 Å². The minimum absolute atomic E-state index is 0.192. The lowest BCUT2D eigenvalue weighted by Crippen LogP contribution is -2.20. The molecule has 0 amide bonds. The molecule has 0 saturated carbocycles. The third-order valence-corrected chi connectivity index (χ3v) is 3.94. The summed E-state index contributed by atoms with van der Waals surface area (Å²) in [7, 11) is 1.96. The molecule has 0 spiro atoms. The van der Waals surface area contributed by atoms with Crippen LogP contribution in [0, 0.1) is 0 Å². The van der Waals surface area contributed by atoms with Gasteiger partial charge in [-0.15, -0.1) is 10.2 Å². The van der Waals surface area contributed by atoms with E-state index < -0.39 is 6.61 Å². The number of hydrogen-bond donors (Lipinski definition) is 0. The number of halogens is 2. The lowest BCUT2D eigenvalue weighted by atomic mass is 10.1. The predicted molar refractivity (Wildman–Crippen MR) is 76.7 cm³/mol. The van der Waals surface area contributed by atoms with Crippen molar-refractivity contribution in [1.29, 1.82) is 0 Å². The summed E-state index contributed by atoms with van der Waals surface area (Å²) in [5.41, 5.74) is 1.08. The van der Waals surface area contributed by atoms with Crippen molar-refractivity contribution < 1.29 is 13.5 Å². The minimum atomic E-state index is -2.78. The SMILES string of the molecule is Cn1cnnc1C1CCN(Cc2ccc(OC(F)F)cc2)C1. The number of likely N-dealkylation sites (tertiary alicyclic amines) is 1. The Hall–Kier alpha value is -2.02. The smallest absolute Gasteiger partial charge is 0.387 e. The highest BCUT2D eigenvalue weighted by Crippen LogP contribution is 2.26. The van der Waals surface area contributed by atoms with Crippen LogP contribution in [-0.4, -0.2) is 39.4 Å². The van der Waals surface area contributed by atoms with E-state index in [1.807, 2.05) is 23.7 Å². The summed E-state index contributed by atoms with van der Waals surface area (Å²) >= 11 is 0. The number of hydrogen-bond acceptors (Lipinski definition) is 4. The Bertz CT molecular complexity index is 614. The van der Waals surface area contributed by atoms with Crippen LogP contribution >= 0.6 is 0 Å². The number of alkyl halides is 2. The molecule has 7 heteroatoms. The zero-order valence-corrected chi connectivity index (χ0v) is 12.3. The van der Waals surface area contributed by atoms with Crippen LogP contribution in [0.25, 0.3) is 0 Å². The molecule has 2 heterocycles. The molecule has 1 fully saturated rings. The summed E-state index contributed by atoms with van der Waals surface area (Å²) < 4.78 is 30.5. The monoisotopic (exact) mass is 308 g/mol. The van der Waals surface area contributed by atoms with Crippen LogP contribution in [-0.2, 0) is 13.6 Å². The molecule has 1 aromatic heterocycles. The van der Waals surface area contributed by atoms with Gasteiger partial charge < -0.3 is 9.30 Å². The zero-order chi connectivity index (χ0) is 15.5. The Kier molecular flexibility index (Phi) is 4.33. The summed E-state index contributed by atoms with van der Waals surface area (Å²) in [5.74, 6) is 1.61. The molecule has 2 aromatic rings. The molecule has 118 valence electrons. The molecule has 1 unspecified atom stereocenters. The number of nitrogens with zero attached hydrogens (tertiary/aromatic N) is 4. The summed E-state index contributed by atoms with van der Waals surface area (Å²) in [5, 5.41) is 8.11. The molecule has 3 rings (SSSR count). The molecule has 22 heavy (non-hydrogen) atoms. The molecule has 0 bridgehead atoms. The van der Waals surface area contributed by atoms with Crippen LogP contribution in [0.1, 0.15) is 23.7 Å². The maximum absolute atomic E-state index is 12.1. The third kappa shape index (κ3) is 3.41. The van der Waals surface area contributed by atoms with Gasteiger partial charge in [0.15, 0.2) is 0 Å². The summed E-state index contributed by atoms with van der Waals surface area (Å²) in [4.78, 5) is 2.34. The van der Waals surface area contributed by atoms with Gasteiger partial charge in [0.2, 0.25) is 0 Å². The number of benzene rings is 1. The van der Waals surface area contributed by atoms with Gasteiger partial charge >= 0.3 is 6.61 Å². The fourth-order valence-electron chi connectivity index (χ4n) is 2.88. The van der Waals surface area contributed by atoms with Crippen LogP contribution in [0.3, 0.4) is 0 Å². The van der Waals surface area contributed by atoms with Crippen molar-refractivity contribution in [2.24, 2.45) is 7.05 Å². The molecule has 0 aliphatic carbocycles. The first-order valence-corrected chi connectivity index (χ1v) is 7.22. The molecule has 0 N–H and O–H groups in total. The van der Waals surface area contributed by atoms with Gasteiger partial charge in [0, 0.05) is 26.1 Å². The van der Waals surface area contributed by atoms with Crippen LogP contribution in [0.4, 0.5) is 8.78 Å². The first-order valence-electron chi connectivity index (χ1n) is 7.22.